The van der Waals surface area contributed by atoms with Gasteiger partial charge in [0, 0.05) is 29.6 Å². The van der Waals surface area contributed by atoms with Crippen molar-refractivity contribution in [3.05, 3.63) is 76.4 Å². The Balaban J connectivity index is 0.000000686. The molecule has 1 amide bonds. The topological polar surface area (TPSA) is 129 Å². The third kappa shape index (κ3) is 6.55. The molecule has 10 nitrogen and oxygen atoms in total. The van der Waals surface area contributed by atoms with Gasteiger partial charge in [-0.25, -0.2) is 14.4 Å². The SMILES string of the molecule is C.CCC.CNCC(=O)N1CCCC1c1ncc(-c2cc(F)c3c(c2)OC(c2cnc(C4CC4)s2)n2c-3cc3ccccc32)[nH]1.OO. The maximum atomic E-state index is 16.0. The Hall–Kier alpha value is -4.10. The highest BCUT2D eigenvalue weighted by atomic mass is 32.1. The second-order valence-electron chi connectivity index (χ2n) is 11.8. The number of H-pyrrole nitrogens is 1. The fourth-order valence-corrected chi connectivity index (χ4v) is 7.36. The lowest BCUT2D eigenvalue weighted by Crippen LogP contribution is -2.37. The Morgan fingerprint density at radius 3 is 2.64 bits per heavy atom. The number of nitrogens with one attached hydrogen (secondary N) is 2. The molecule has 2 atom stereocenters. The smallest absolute Gasteiger partial charge is 0.237 e. The first-order valence-electron chi connectivity index (χ1n) is 15.8. The maximum Gasteiger partial charge on any atom is 0.237 e. The number of fused-ring (bicyclic) bond motifs is 5. The van der Waals surface area contributed by atoms with Crippen LogP contribution in [0.3, 0.4) is 0 Å². The minimum Gasteiger partial charge on any atom is -0.464 e. The lowest BCUT2D eigenvalue weighted by atomic mass is 10.0. The number of likely N-dealkylation sites (N-methyl/N-ethyl adjacent to an activating group) is 1. The van der Waals surface area contributed by atoms with E-state index in [9.17, 15) is 4.79 Å². The van der Waals surface area contributed by atoms with Gasteiger partial charge in [0.25, 0.3) is 0 Å². The van der Waals surface area contributed by atoms with E-state index in [-0.39, 0.29) is 31.7 Å². The van der Waals surface area contributed by atoms with Gasteiger partial charge in [-0.05, 0) is 57.0 Å². The molecule has 2 aliphatic heterocycles. The number of benzene rings is 2. The fourth-order valence-electron chi connectivity index (χ4n) is 6.25. The van der Waals surface area contributed by atoms with Crippen molar-refractivity contribution in [2.75, 3.05) is 20.1 Å². The fraction of sp³-hybridized carbons (Fsp3) is 0.400. The number of amides is 1. The molecule has 47 heavy (non-hydrogen) atoms. The largest absolute Gasteiger partial charge is 0.464 e. The number of carbonyl (C=O) groups is 1. The van der Waals surface area contributed by atoms with E-state index in [4.69, 9.17) is 20.2 Å². The van der Waals surface area contributed by atoms with E-state index in [1.807, 2.05) is 41.4 Å². The third-order valence-corrected chi connectivity index (χ3v) is 9.56. The number of likely N-dealkylation sites (tertiary alicyclic amines) is 1. The summed E-state index contributed by atoms with van der Waals surface area (Å²) in [6.07, 6.45) is 8.57. The number of nitrogens with zero attached hydrogens (tertiary/aromatic N) is 4. The van der Waals surface area contributed by atoms with Gasteiger partial charge < -0.3 is 19.9 Å². The van der Waals surface area contributed by atoms with Crippen molar-refractivity contribution in [2.45, 2.75) is 71.6 Å². The molecule has 4 N–H and O–H groups in total. The summed E-state index contributed by atoms with van der Waals surface area (Å²) in [6.45, 7) is 5.25. The van der Waals surface area contributed by atoms with Gasteiger partial charge >= 0.3 is 0 Å². The van der Waals surface area contributed by atoms with E-state index in [1.54, 1.807) is 24.6 Å². The molecule has 3 aromatic heterocycles. The molecule has 250 valence electrons. The number of aromatic nitrogens is 4. The molecule has 1 aliphatic carbocycles. The molecular weight excluding hydrogens is 619 g/mol. The highest BCUT2D eigenvalue weighted by Gasteiger charge is 2.35. The van der Waals surface area contributed by atoms with Crippen molar-refractivity contribution in [3.63, 3.8) is 0 Å². The van der Waals surface area contributed by atoms with Crippen LogP contribution in [0, 0.1) is 5.82 Å². The molecule has 5 aromatic rings. The predicted molar refractivity (Wildman–Crippen MR) is 183 cm³/mol. The van der Waals surface area contributed by atoms with Crippen LogP contribution in [0.2, 0.25) is 0 Å². The minimum atomic E-state index is -0.445. The Morgan fingerprint density at radius 1 is 1.13 bits per heavy atom. The zero-order chi connectivity index (χ0) is 32.4. The highest BCUT2D eigenvalue weighted by Crippen LogP contribution is 2.49. The summed E-state index contributed by atoms with van der Waals surface area (Å²) in [5.74, 6) is 1.45. The van der Waals surface area contributed by atoms with Gasteiger partial charge in [0.1, 0.15) is 17.4 Å². The van der Waals surface area contributed by atoms with Crippen LogP contribution in [-0.4, -0.2) is 61.0 Å². The quantitative estimate of drug-likeness (QED) is 0.107. The summed E-state index contributed by atoms with van der Waals surface area (Å²) in [7, 11) is 1.77. The lowest BCUT2D eigenvalue weighted by Gasteiger charge is -2.29. The van der Waals surface area contributed by atoms with Crippen LogP contribution >= 0.6 is 11.3 Å². The van der Waals surface area contributed by atoms with Gasteiger partial charge in [0.05, 0.1) is 51.1 Å². The van der Waals surface area contributed by atoms with Crippen LogP contribution in [-0.2, 0) is 4.79 Å². The number of hydrogen-bond acceptors (Lipinski definition) is 8. The predicted octanol–water partition coefficient (Wildman–Crippen LogP) is 8.06. The number of thiazole rings is 1. The zero-order valence-electron chi connectivity index (χ0n) is 26.2. The van der Waals surface area contributed by atoms with Crippen LogP contribution in [0.5, 0.6) is 5.75 Å². The van der Waals surface area contributed by atoms with Crippen molar-refractivity contribution >= 4 is 28.1 Å². The van der Waals surface area contributed by atoms with E-state index in [1.165, 1.54) is 25.3 Å². The van der Waals surface area contributed by atoms with Crippen molar-refractivity contribution < 1.29 is 24.4 Å². The Morgan fingerprint density at radius 2 is 1.89 bits per heavy atom. The minimum absolute atomic E-state index is 0. The Bertz CT molecular complexity index is 1830. The molecule has 1 saturated carbocycles. The van der Waals surface area contributed by atoms with Crippen molar-refractivity contribution in [2.24, 2.45) is 0 Å². The number of hydrogen-bond donors (Lipinski definition) is 4. The van der Waals surface area contributed by atoms with Gasteiger partial charge in [-0.1, -0.05) is 45.9 Å². The van der Waals surface area contributed by atoms with Crippen LogP contribution in [0.4, 0.5) is 4.39 Å². The van der Waals surface area contributed by atoms with Crippen LogP contribution in [0.25, 0.3) is 33.4 Å². The second-order valence-corrected chi connectivity index (χ2v) is 12.9. The molecular formula is C35H43FN6O4S. The summed E-state index contributed by atoms with van der Waals surface area (Å²) < 4.78 is 24.8. The summed E-state index contributed by atoms with van der Waals surface area (Å²) in [5.41, 5.74) is 3.58. The van der Waals surface area contributed by atoms with E-state index in [0.29, 0.717) is 35.0 Å². The number of halogens is 1. The molecule has 0 bridgehead atoms. The highest BCUT2D eigenvalue weighted by molar-refractivity contribution is 7.11. The molecule has 3 aliphatic rings. The monoisotopic (exact) mass is 662 g/mol. The number of para-hydroxylation sites is 1. The number of imidazole rings is 1. The number of aromatic amines is 1. The van der Waals surface area contributed by atoms with E-state index in [0.717, 1.165) is 45.1 Å². The Labute approximate surface area is 278 Å². The summed E-state index contributed by atoms with van der Waals surface area (Å²) >= 11 is 1.68. The van der Waals surface area contributed by atoms with Crippen molar-refractivity contribution in [1.82, 2.24) is 29.7 Å². The second kappa shape index (κ2) is 14.8. The molecule has 0 spiro atoms. The number of ether oxygens (including phenoxy) is 1. The standard InChI is InChI=1S/C31H29FN6O2S.C3H8.CH4.H2O2/c1-33-16-27(39)37-10-4-7-23(37)29-34-14-21(36-29)19-11-20(32)28-24-12-18-5-2-3-6-22(18)38(24)31(40-25(28)13-19)26-15-35-30(41-26)17-8-9-17;1-3-2;;1-2/h2-3,5-6,11-15,17,23,31,33H,4,7-10,16H2,1H3,(H,34,36);3H2,1-2H3;1H4;1-2H. The Kier molecular flexibility index (Phi) is 10.8. The average molecular weight is 663 g/mol. The van der Waals surface area contributed by atoms with Crippen LogP contribution in [0.15, 0.2) is 54.9 Å². The molecule has 1 saturated heterocycles. The third-order valence-electron chi connectivity index (χ3n) is 8.37. The molecule has 12 heteroatoms. The van der Waals surface area contributed by atoms with Gasteiger partial charge in [0.15, 0.2) is 0 Å². The van der Waals surface area contributed by atoms with Crippen LogP contribution in [0.1, 0.15) is 87.3 Å². The number of carbonyl (C=O) groups excluding carboxylic acids is 1. The summed E-state index contributed by atoms with van der Waals surface area (Å²) in [4.78, 5) is 28.2. The van der Waals surface area contributed by atoms with Crippen LogP contribution < -0.4 is 10.1 Å². The van der Waals surface area contributed by atoms with E-state index in [2.05, 4.69) is 39.8 Å². The van der Waals surface area contributed by atoms with Gasteiger partial charge in [0.2, 0.25) is 12.1 Å². The first kappa shape index (κ1) is 34.2. The molecule has 2 aromatic carbocycles. The molecule has 0 radical (unpaired) electrons. The molecule has 5 heterocycles. The molecule has 8 rings (SSSR count). The van der Waals surface area contributed by atoms with Crippen molar-refractivity contribution in [3.8, 4) is 28.3 Å². The lowest BCUT2D eigenvalue weighted by molar-refractivity contribution is -0.176. The molecule has 2 fully saturated rings. The summed E-state index contributed by atoms with van der Waals surface area (Å²) in [6, 6.07) is 13.5. The van der Waals surface area contributed by atoms with Gasteiger partial charge in [-0.2, -0.15) is 0 Å². The first-order valence-corrected chi connectivity index (χ1v) is 16.6. The molecule has 2 unspecified atom stereocenters. The normalized spacial score (nSPS) is 17.8. The van der Waals surface area contributed by atoms with E-state index < -0.39 is 6.23 Å². The maximum absolute atomic E-state index is 16.0. The zero-order valence-corrected chi connectivity index (χ0v) is 27.0. The number of rotatable bonds is 6. The summed E-state index contributed by atoms with van der Waals surface area (Å²) in [5, 5.41) is 17.1. The van der Waals surface area contributed by atoms with Gasteiger partial charge in [-0.15, -0.1) is 11.3 Å². The average Bonchev–Trinajstić information content (AvgIpc) is 3.49. The first-order chi connectivity index (χ1) is 22.5. The van der Waals surface area contributed by atoms with E-state index >= 15 is 4.39 Å². The van der Waals surface area contributed by atoms with Crippen molar-refractivity contribution in [1.29, 1.82) is 0 Å². The van der Waals surface area contributed by atoms with Gasteiger partial charge in [-0.3, -0.25) is 19.9 Å².